The number of anilines is 1. The summed E-state index contributed by atoms with van der Waals surface area (Å²) in [5, 5.41) is 22.0. The lowest BCUT2D eigenvalue weighted by molar-refractivity contribution is 0.140. The average molecular weight is 266 g/mol. The van der Waals surface area contributed by atoms with Crippen molar-refractivity contribution in [3.05, 3.63) is 12.7 Å². The summed E-state index contributed by atoms with van der Waals surface area (Å²) >= 11 is 0. The quantitative estimate of drug-likeness (QED) is 0.514. The molecule has 0 aliphatic heterocycles. The van der Waals surface area contributed by atoms with Crippen molar-refractivity contribution >= 4 is 17.0 Å². The van der Waals surface area contributed by atoms with Crippen LogP contribution in [-0.4, -0.2) is 55.0 Å². The standard InChI is InChI=1S/C11H18N6O2/c1-7(18)2-13-3-8(19)4-17-6-16-9-10(12)14-5-15-11(9)17/h5-8,13,18-19H,2-4H2,1H3,(H2,12,14,15). The monoisotopic (exact) mass is 266 g/mol. The van der Waals surface area contributed by atoms with Crippen molar-refractivity contribution in [2.45, 2.75) is 25.7 Å². The highest BCUT2D eigenvalue weighted by atomic mass is 16.3. The van der Waals surface area contributed by atoms with Crippen molar-refractivity contribution in [3.8, 4) is 0 Å². The van der Waals surface area contributed by atoms with Crippen molar-refractivity contribution in [1.82, 2.24) is 24.8 Å². The Balaban J connectivity index is 1.99. The molecule has 0 radical (unpaired) electrons. The van der Waals surface area contributed by atoms with Gasteiger partial charge in [0, 0.05) is 13.1 Å². The molecule has 8 nitrogen and oxygen atoms in total. The molecule has 2 aromatic heterocycles. The van der Waals surface area contributed by atoms with Crippen LogP contribution in [0.5, 0.6) is 0 Å². The highest BCUT2D eigenvalue weighted by Crippen LogP contribution is 2.14. The third-order valence-corrected chi connectivity index (χ3v) is 2.66. The van der Waals surface area contributed by atoms with Gasteiger partial charge in [-0.25, -0.2) is 15.0 Å². The number of nitrogens with zero attached hydrogens (tertiary/aromatic N) is 4. The van der Waals surface area contributed by atoms with Gasteiger partial charge >= 0.3 is 0 Å². The van der Waals surface area contributed by atoms with Crippen LogP contribution in [0.1, 0.15) is 6.92 Å². The number of rotatable bonds is 6. The number of aromatic nitrogens is 4. The second-order valence-electron chi connectivity index (χ2n) is 4.49. The van der Waals surface area contributed by atoms with E-state index in [0.717, 1.165) is 0 Å². The summed E-state index contributed by atoms with van der Waals surface area (Å²) in [6.45, 7) is 2.85. The first-order valence-electron chi connectivity index (χ1n) is 6.06. The van der Waals surface area contributed by atoms with E-state index in [4.69, 9.17) is 10.8 Å². The van der Waals surface area contributed by atoms with Crippen LogP contribution in [-0.2, 0) is 6.54 Å². The summed E-state index contributed by atoms with van der Waals surface area (Å²) in [7, 11) is 0. The van der Waals surface area contributed by atoms with Crippen molar-refractivity contribution in [1.29, 1.82) is 0 Å². The smallest absolute Gasteiger partial charge is 0.165 e. The molecule has 8 heteroatoms. The van der Waals surface area contributed by atoms with E-state index in [0.29, 0.717) is 36.6 Å². The van der Waals surface area contributed by atoms with Gasteiger partial charge in [0.25, 0.3) is 0 Å². The van der Waals surface area contributed by atoms with Gasteiger partial charge in [-0.1, -0.05) is 0 Å². The van der Waals surface area contributed by atoms with E-state index in [1.54, 1.807) is 17.8 Å². The normalized spacial score (nSPS) is 14.7. The molecule has 19 heavy (non-hydrogen) atoms. The van der Waals surface area contributed by atoms with Crippen LogP contribution in [0.15, 0.2) is 12.7 Å². The highest BCUT2D eigenvalue weighted by molar-refractivity contribution is 5.81. The van der Waals surface area contributed by atoms with Gasteiger partial charge in [0.05, 0.1) is 25.1 Å². The summed E-state index contributed by atoms with van der Waals surface area (Å²) in [6, 6.07) is 0. The number of imidazole rings is 1. The summed E-state index contributed by atoms with van der Waals surface area (Å²) < 4.78 is 1.72. The zero-order valence-electron chi connectivity index (χ0n) is 10.7. The van der Waals surface area contributed by atoms with E-state index in [1.807, 2.05) is 0 Å². The van der Waals surface area contributed by atoms with Gasteiger partial charge in [-0.2, -0.15) is 0 Å². The molecule has 0 aliphatic carbocycles. The van der Waals surface area contributed by atoms with Gasteiger partial charge in [-0.3, -0.25) is 0 Å². The fraction of sp³-hybridized carbons (Fsp3) is 0.545. The van der Waals surface area contributed by atoms with Crippen LogP contribution < -0.4 is 11.1 Å². The lowest BCUT2D eigenvalue weighted by Crippen LogP contribution is -2.34. The van der Waals surface area contributed by atoms with Crippen molar-refractivity contribution < 1.29 is 10.2 Å². The average Bonchev–Trinajstić information content (AvgIpc) is 2.73. The molecule has 2 unspecified atom stereocenters. The maximum atomic E-state index is 9.90. The van der Waals surface area contributed by atoms with Crippen LogP contribution in [0.4, 0.5) is 5.82 Å². The Morgan fingerprint density at radius 2 is 2.11 bits per heavy atom. The molecule has 0 fully saturated rings. The molecule has 0 saturated heterocycles. The minimum Gasteiger partial charge on any atom is -0.392 e. The molecule has 0 saturated carbocycles. The minimum atomic E-state index is -0.604. The maximum absolute atomic E-state index is 9.90. The third-order valence-electron chi connectivity index (χ3n) is 2.66. The Morgan fingerprint density at radius 3 is 2.84 bits per heavy atom. The topological polar surface area (TPSA) is 122 Å². The van der Waals surface area contributed by atoms with Crippen LogP contribution in [0.3, 0.4) is 0 Å². The molecule has 5 N–H and O–H groups in total. The van der Waals surface area contributed by atoms with Crippen LogP contribution in [0.25, 0.3) is 11.2 Å². The Kier molecular flexibility index (Phi) is 4.25. The zero-order valence-corrected chi connectivity index (χ0v) is 10.7. The van der Waals surface area contributed by atoms with Crippen LogP contribution in [0, 0.1) is 0 Å². The van der Waals surface area contributed by atoms with Gasteiger partial charge in [0.2, 0.25) is 0 Å². The maximum Gasteiger partial charge on any atom is 0.165 e. The second-order valence-corrected chi connectivity index (χ2v) is 4.49. The highest BCUT2D eigenvalue weighted by Gasteiger charge is 2.11. The fourth-order valence-electron chi connectivity index (χ4n) is 1.78. The first-order valence-corrected chi connectivity index (χ1v) is 6.06. The van der Waals surface area contributed by atoms with E-state index in [2.05, 4.69) is 20.3 Å². The molecule has 2 atom stereocenters. The van der Waals surface area contributed by atoms with Crippen molar-refractivity contribution in [2.24, 2.45) is 0 Å². The number of fused-ring (bicyclic) bond motifs is 1. The number of nitrogens with one attached hydrogen (secondary N) is 1. The molecule has 0 bridgehead atoms. The van der Waals surface area contributed by atoms with Crippen molar-refractivity contribution in [3.63, 3.8) is 0 Å². The van der Waals surface area contributed by atoms with Gasteiger partial charge in [-0.05, 0) is 6.92 Å². The number of nitrogen functional groups attached to an aromatic ring is 1. The van der Waals surface area contributed by atoms with Gasteiger partial charge in [0.15, 0.2) is 11.5 Å². The zero-order chi connectivity index (χ0) is 13.8. The first kappa shape index (κ1) is 13.7. The number of aliphatic hydroxyl groups excluding tert-OH is 2. The first-order chi connectivity index (χ1) is 9.08. The van der Waals surface area contributed by atoms with Gasteiger partial charge < -0.3 is 25.8 Å². The largest absolute Gasteiger partial charge is 0.392 e. The molecule has 0 aromatic carbocycles. The lowest BCUT2D eigenvalue weighted by Gasteiger charge is -2.13. The molecule has 2 heterocycles. The summed E-state index contributed by atoms with van der Waals surface area (Å²) in [5.41, 5.74) is 6.82. The third kappa shape index (κ3) is 3.37. The predicted octanol–water partition coefficient (Wildman–Crippen LogP) is -1.26. The molecule has 0 amide bonds. The molecule has 2 rings (SSSR count). The molecular formula is C11H18N6O2. The molecular weight excluding hydrogens is 248 g/mol. The fourth-order valence-corrected chi connectivity index (χ4v) is 1.78. The van der Waals surface area contributed by atoms with Crippen LogP contribution >= 0.6 is 0 Å². The molecule has 0 aliphatic rings. The second kappa shape index (κ2) is 5.91. The Bertz CT molecular complexity index is 541. The molecule has 0 spiro atoms. The summed E-state index contributed by atoms with van der Waals surface area (Å²) in [6.07, 6.45) is 1.91. The van der Waals surface area contributed by atoms with E-state index in [1.165, 1.54) is 6.33 Å². The van der Waals surface area contributed by atoms with Crippen molar-refractivity contribution in [2.75, 3.05) is 18.8 Å². The summed E-state index contributed by atoms with van der Waals surface area (Å²) in [5.74, 6) is 0.325. The Labute approximate surface area is 110 Å². The number of hydrogen-bond donors (Lipinski definition) is 4. The molecule has 2 aromatic rings. The number of aliphatic hydroxyl groups is 2. The van der Waals surface area contributed by atoms with E-state index in [-0.39, 0.29) is 0 Å². The minimum absolute atomic E-state index is 0.325. The predicted molar refractivity (Wildman–Crippen MR) is 70.3 cm³/mol. The lowest BCUT2D eigenvalue weighted by atomic mass is 10.3. The van der Waals surface area contributed by atoms with E-state index >= 15 is 0 Å². The van der Waals surface area contributed by atoms with Gasteiger partial charge in [0.1, 0.15) is 11.8 Å². The van der Waals surface area contributed by atoms with Crippen LogP contribution in [0.2, 0.25) is 0 Å². The number of nitrogens with two attached hydrogens (primary N) is 1. The van der Waals surface area contributed by atoms with E-state index in [9.17, 15) is 5.11 Å². The SMILES string of the molecule is CC(O)CNCC(O)Cn1cnc2c(N)ncnc21. The van der Waals surface area contributed by atoms with Gasteiger partial charge in [-0.15, -0.1) is 0 Å². The molecule has 104 valence electrons. The Hall–Kier alpha value is -1.77. The Morgan fingerprint density at radius 1 is 1.32 bits per heavy atom. The number of hydrogen-bond acceptors (Lipinski definition) is 7. The van der Waals surface area contributed by atoms with E-state index < -0.39 is 12.2 Å². The summed E-state index contributed by atoms with van der Waals surface area (Å²) in [4.78, 5) is 12.1.